The molecule has 4 saturated carbocycles. The molecule has 5 unspecified atom stereocenters. The molecule has 4 aliphatic rings. The minimum absolute atomic E-state index is 0.247. The molecule has 124 valence electrons. The smallest absolute Gasteiger partial charge is 0.223 e. The molecule has 3 heteroatoms. The number of hydrogen-bond donors (Lipinski definition) is 2. The molecule has 3 nitrogen and oxygen atoms in total. The molecule has 4 aliphatic carbocycles. The van der Waals surface area contributed by atoms with Gasteiger partial charge in [-0.3, -0.25) is 4.79 Å². The van der Waals surface area contributed by atoms with Gasteiger partial charge in [0.05, 0.1) is 0 Å². The van der Waals surface area contributed by atoms with Crippen LogP contribution in [0.5, 0.6) is 0 Å². The van der Waals surface area contributed by atoms with E-state index in [0.29, 0.717) is 29.8 Å². The maximum absolute atomic E-state index is 12.7. The summed E-state index contributed by atoms with van der Waals surface area (Å²) in [5.41, 5.74) is 6.36. The van der Waals surface area contributed by atoms with Gasteiger partial charge in [-0.25, -0.2) is 0 Å². The van der Waals surface area contributed by atoms with Gasteiger partial charge in [0, 0.05) is 18.0 Å². The summed E-state index contributed by atoms with van der Waals surface area (Å²) in [6.07, 6.45) is 14.0. The molecule has 5 atom stereocenters. The summed E-state index contributed by atoms with van der Waals surface area (Å²) < 4.78 is 0. The Kier molecular flexibility index (Phi) is 4.19. The van der Waals surface area contributed by atoms with E-state index in [9.17, 15) is 4.79 Å². The van der Waals surface area contributed by atoms with Crippen molar-refractivity contribution < 1.29 is 4.79 Å². The van der Waals surface area contributed by atoms with E-state index in [-0.39, 0.29) is 5.92 Å². The van der Waals surface area contributed by atoms with E-state index in [2.05, 4.69) is 5.32 Å². The average Bonchev–Trinajstić information content (AvgIpc) is 2.94. The van der Waals surface area contributed by atoms with Crippen LogP contribution in [0.1, 0.15) is 70.6 Å². The Morgan fingerprint density at radius 2 is 1.41 bits per heavy atom. The van der Waals surface area contributed by atoms with E-state index in [1.165, 1.54) is 57.8 Å². The van der Waals surface area contributed by atoms with Crippen LogP contribution in [0.2, 0.25) is 0 Å². The van der Waals surface area contributed by atoms with Gasteiger partial charge in [-0.15, -0.1) is 0 Å². The first-order chi connectivity index (χ1) is 10.7. The molecule has 0 aromatic rings. The Morgan fingerprint density at radius 3 is 2.14 bits per heavy atom. The van der Waals surface area contributed by atoms with E-state index in [1.54, 1.807) is 0 Å². The van der Waals surface area contributed by atoms with Crippen molar-refractivity contribution >= 4 is 5.91 Å². The normalized spacial score (nSPS) is 47.8. The highest BCUT2D eigenvalue weighted by molar-refractivity contribution is 5.79. The number of amides is 1. The predicted octanol–water partition coefficient (Wildman–Crippen LogP) is 3.23. The van der Waals surface area contributed by atoms with Crippen molar-refractivity contribution in [3.63, 3.8) is 0 Å². The highest BCUT2D eigenvalue weighted by Crippen LogP contribution is 2.43. The standard InChI is InChI=1S/C19H32N2O/c20-18-14-5-2-6-15(18)10-16(9-14)19(22)21-17-8-7-12-3-1-4-13(12)11-17/h12-18H,1-11,20H2,(H,21,22). The van der Waals surface area contributed by atoms with E-state index in [1.807, 2.05) is 0 Å². The zero-order valence-electron chi connectivity index (χ0n) is 13.8. The summed E-state index contributed by atoms with van der Waals surface area (Å²) in [6, 6.07) is 0.828. The Morgan fingerprint density at radius 1 is 0.773 bits per heavy atom. The zero-order valence-corrected chi connectivity index (χ0v) is 13.8. The van der Waals surface area contributed by atoms with Gasteiger partial charge >= 0.3 is 0 Å². The van der Waals surface area contributed by atoms with Crippen molar-refractivity contribution in [1.29, 1.82) is 0 Å². The summed E-state index contributed by atoms with van der Waals surface area (Å²) in [4.78, 5) is 12.7. The number of rotatable bonds is 2. The van der Waals surface area contributed by atoms with Crippen molar-refractivity contribution in [2.24, 2.45) is 35.3 Å². The third kappa shape index (κ3) is 2.81. The first-order valence-corrected chi connectivity index (χ1v) is 9.76. The predicted molar refractivity (Wildman–Crippen MR) is 88.1 cm³/mol. The van der Waals surface area contributed by atoms with Crippen LogP contribution in [0.3, 0.4) is 0 Å². The van der Waals surface area contributed by atoms with Gasteiger partial charge in [0.15, 0.2) is 0 Å². The lowest BCUT2D eigenvalue weighted by Gasteiger charge is -2.44. The minimum Gasteiger partial charge on any atom is -0.353 e. The van der Waals surface area contributed by atoms with E-state index in [4.69, 9.17) is 5.73 Å². The molecule has 2 bridgehead atoms. The van der Waals surface area contributed by atoms with E-state index >= 15 is 0 Å². The second kappa shape index (κ2) is 6.14. The molecule has 3 N–H and O–H groups in total. The summed E-state index contributed by atoms with van der Waals surface area (Å²) in [6.45, 7) is 0. The number of fused-ring (bicyclic) bond motifs is 3. The molecule has 0 radical (unpaired) electrons. The largest absolute Gasteiger partial charge is 0.353 e. The number of nitrogens with two attached hydrogens (primary N) is 1. The van der Waals surface area contributed by atoms with Crippen molar-refractivity contribution in [2.75, 3.05) is 0 Å². The first kappa shape index (κ1) is 15.0. The third-order valence-corrected chi connectivity index (χ3v) is 7.42. The fourth-order valence-electron chi connectivity index (χ4n) is 6.16. The van der Waals surface area contributed by atoms with Gasteiger partial charge in [-0.2, -0.15) is 0 Å². The number of carbonyl (C=O) groups excluding carboxylic acids is 1. The lowest BCUT2D eigenvalue weighted by Crippen LogP contribution is -2.50. The van der Waals surface area contributed by atoms with Gasteiger partial charge in [-0.05, 0) is 68.6 Å². The van der Waals surface area contributed by atoms with Crippen LogP contribution < -0.4 is 11.1 Å². The highest BCUT2D eigenvalue weighted by atomic mass is 16.1. The second-order valence-corrected chi connectivity index (χ2v) is 8.67. The van der Waals surface area contributed by atoms with Gasteiger partial charge in [0.1, 0.15) is 0 Å². The molecule has 0 aromatic carbocycles. The molecule has 4 fully saturated rings. The Hall–Kier alpha value is -0.570. The zero-order chi connectivity index (χ0) is 15.1. The van der Waals surface area contributed by atoms with E-state index < -0.39 is 0 Å². The minimum atomic E-state index is 0.247. The van der Waals surface area contributed by atoms with Gasteiger partial charge in [0.25, 0.3) is 0 Å². The monoisotopic (exact) mass is 304 g/mol. The molecule has 0 aromatic heterocycles. The maximum Gasteiger partial charge on any atom is 0.223 e. The molecule has 0 aliphatic heterocycles. The number of hydrogen-bond acceptors (Lipinski definition) is 2. The second-order valence-electron chi connectivity index (χ2n) is 8.67. The lowest BCUT2D eigenvalue weighted by atomic mass is 9.65. The topological polar surface area (TPSA) is 55.1 Å². The van der Waals surface area contributed by atoms with Crippen LogP contribution in [-0.4, -0.2) is 18.0 Å². The van der Waals surface area contributed by atoms with Crippen LogP contribution >= 0.6 is 0 Å². The lowest BCUT2D eigenvalue weighted by molar-refractivity contribution is -0.129. The van der Waals surface area contributed by atoms with Crippen molar-refractivity contribution in [3.05, 3.63) is 0 Å². The molecule has 22 heavy (non-hydrogen) atoms. The molecule has 0 spiro atoms. The van der Waals surface area contributed by atoms with Crippen LogP contribution in [-0.2, 0) is 4.79 Å². The Labute approximate surface area is 134 Å². The van der Waals surface area contributed by atoms with Crippen molar-refractivity contribution in [3.8, 4) is 0 Å². The summed E-state index contributed by atoms with van der Waals surface area (Å²) in [7, 11) is 0. The maximum atomic E-state index is 12.7. The Balaban J connectivity index is 1.32. The van der Waals surface area contributed by atoms with Gasteiger partial charge in [0.2, 0.25) is 5.91 Å². The fourth-order valence-corrected chi connectivity index (χ4v) is 6.16. The van der Waals surface area contributed by atoms with Crippen LogP contribution in [0.25, 0.3) is 0 Å². The fraction of sp³-hybridized carbons (Fsp3) is 0.947. The molecular formula is C19H32N2O. The molecule has 0 saturated heterocycles. The van der Waals surface area contributed by atoms with Gasteiger partial charge in [-0.1, -0.05) is 25.7 Å². The summed E-state index contributed by atoms with van der Waals surface area (Å²) >= 11 is 0. The molecule has 0 heterocycles. The SMILES string of the molecule is NC1C2CCCC1CC(C(=O)NC1CCC3CCCC3C1)C2. The van der Waals surface area contributed by atoms with Crippen molar-refractivity contribution in [2.45, 2.75) is 82.7 Å². The van der Waals surface area contributed by atoms with E-state index in [0.717, 1.165) is 24.7 Å². The average molecular weight is 304 g/mol. The van der Waals surface area contributed by atoms with Crippen LogP contribution in [0, 0.1) is 29.6 Å². The van der Waals surface area contributed by atoms with Crippen molar-refractivity contribution in [1.82, 2.24) is 5.32 Å². The van der Waals surface area contributed by atoms with Crippen LogP contribution in [0.4, 0.5) is 0 Å². The Bertz CT molecular complexity index is 410. The highest BCUT2D eigenvalue weighted by Gasteiger charge is 2.41. The molecular weight excluding hydrogens is 272 g/mol. The number of nitrogens with one attached hydrogen (secondary N) is 1. The molecule has 1 amide bonds. The summed E-state index contributed by atoms with van der Waals surface area (Å²) in [5, 5.41) is 3.43. The quantitative estimate of drug-likeness (QED) is 0.823. The first-order valence-electron chi connectivity index (χ1n) is 9.76. The number of carbonyl (C=O) groups is 1. The van der Waals surface area contributed by atoms with Gasteiger partial charge < -0.3 is 11.1 Å². The van der Waals surface area contributed by atoms with Crippen LogP contribution in [0.15, 0.2) is 0 Å². The summed E-state index contributed by atoms with van der Waals surface area (Å²) in [5.74, 6) is 3.68. The molecule has 4 rings (SSSR count). The third-order valence-electron chi connectivity index (χ3n) is 7.42.